The van der Waals surface area contributed by atoms with Gasteiger partial charge < -0.3 is 14.2 Å². The number of rotatable bonds is 7. The van der Waals surface area contributed by atoms with Crippen LogP contribution in [0.1, 0.15) is 13.8 Å². The summed E-state index contributed by atoms with van der Waals surface area (Å²) >= 11 is 5.73. The zero-order chi connectivity index (χ0) is 15.8. The zero-order valence-corrected chi connectivity index (χ0v) is 12.4. The average molecular weight is 315 g/mol. The molecule has 0 aliphatic rings. The highest BCUT2D eigenvalue weighted by Gasteiger charge is 2.36. The van der Waals surface area contributed by atoms with Crippen LogP contribution in [0.3, 0.4) is 0 Å². The molecule has 1 unspecified atom stereocenters. The third-order valence-corrected chi connectivity index (χ3v) is 2.53. The molecule has 0 aromatic heterocycles. The number of hydrogen-bond acceptors (Lipinski definition) is 6. The van der Waals surface area contributed by atoms with Crippen molar-refractivity contribution < 1.29 is 28.6 Å². The Morgan fingerprint density at radius 2 is 1.62 bits per heavy atom. The number of ether oxygens (including phenoxy) is 3. The van der Waals surface area contributed by atoms with E-state index in [0.29, 0.717) is 5.02 Å². The van der Waals surface area contributed by atoms with Crippen LogP contribution in [0.15, 0.2) is 24.3 Å². The van der Waals surface area contributed by atoms with Gasteiger partial charge in [0.2, 0.25) is 0 Å². The fourth-order valence-electron chi connectivity index (χ4n) is 1.39. The van der Waals surface area contributed by atoms with Crippen molar-refractivity contribution in [3.63, 3.8) is 0 Å². The Kier molecular flexibility index (Phi) is 6.68. The van der Waals surface area contributed by atoms with Crippen molar-refractivity contribution in [2.24, 2.45) is 0 Å². The van der Waals surface area contributed by atoms with E-state index in [0.717, 1.165) is 0 Å². The first-order valence-corrected chi connectivity index (χ1v) is 6.67. The number of ketones is 1. The fraction of sp³-hybridized carbons (Fsp3) is 0.357. The van der Waals surface area contributed by atoms with Gasteiger partial charge in [-0.2, -0.15) is 0 Å². The molecular weight excluding hydrogens is 300 g/mol. The highest BCUT2D eigenvalue weighted by Crippen LogP contribution is 2.17. The van der Waals surface area contributed by atoms with Crippen molar-refractivity contribution in [1.82, 2.24) is 0 Å². The average Bonchev–Trinajstić information content (AvgIpc) is 2.46. The van der Waals surface area contributed by atoms with E-state index < -0.39 is 23.8 Å². The van der Waals surface area contributed by atoms with E-state index in [9.17, 15) is 14.4 Å². The maximum atomic E-state index is 11.9. The minimum atomic E-state index is -1.70. The van der Waals surface area contributed by atoms with Crippen LogP contribution in [0, 0.1) is 0 Å². The van der Waals surface area contributed by atoms with Crippen LogP contribution in [0.2, 0.25) is 5.02 Å². The SMILES string of the molecule is CCOC(=O)C(=O)C(Oc1ccc(Cl)cc1)C(=O)OCC. The molecule has 0 fully saturated rings. The lowest BCUT2D eigenvalue weighted by Crippen LogP contribution is -2.42. The van der Waals surface area contributed by atoms with Crippen LogP contribution in [0.25, 0.3) is 0 Å². The molecule has 0 aliphatic heterocycles. The summed E-state index contributed by atoms with van der Waals surface area (Å²) in [6.45, 7) is 3.19. The van der Waals surface area contributed by atoms with E-state index >= 15 is 0 Å². The molecule has 0 saturated heterocycles. The Hall–Kier alpha value is -2.08. The number of benzene rings is 1. The third kappa shape index (κ3) is 5.07. The van der Waals surface area contributed by atoms with E-state index in [1.807, 2.05) is 0 Å². The molecule has 0 amide bonds. The highest BCUT2D eigenvalue weighted by molar-refractivity contribution is 6.39. The summed E-state index contributed by atoms with van der Waals surface area (Å²) in [6.07, 6.45) is -1.70. The number of esters is 2. The number of halogens is 1. The van der Waals surface area contributed by atoms with Crippen LogP contribution in [-0.4, -0.2) is 37.0 Å². The molecule has 0 heterocycles. The van der Waals surface area contributed by atoms with Crippen molar-refractivity contribution in [2.45, 2.75) is 20.0 Å². The van der Waals surface area contributed by atoms with Gasteiger partial charge in [-0.25, -0.2) is 9.59 Å². The van der Waals surface area contributed by atoms with Crippen LogP contribution < -0.4 is 4.74 Å². The predicted molar refractivity (Wildman–Crippen MR) is 74.1 cm³/mol. The van der Waals surface area contributed by atoms with Crippen LogP contribution in [0.4, 0.5) is 0 Å². The molecule has 1 aromatic carbocycles. The van der Waals surface area contributed by atoms with Gasteiger partial charge in [-0.05, 0) is 38.1 Å². The van der Waals surface area contributed by atoms with Gasteiger partial charge in [-0.15, -0.1) is 0 Å². The smallest absolute Gasteiger partial charge is 0.379 e. The molecule has 0 bridgehead atoms. The minimum Gasteiger partial charge on any atom is -0.470 e. The summed E-state index contributed by atoms with van der Waals surface area (Å²) in [5, 5.41) is 0.465. The lowest BCUT2D eigenvalue weighted by molar-refractivity contribution is -0.164. The van der Waals surface area contributed by atoms with Crippen LogP contribution in [0.5, 0.6) is 5.75 Å². The molecule has 0 saturated carbocycles. The Morgan fingerprint density at radius 3 is 2.14 bits per heavy atom. The first-order valence-electron chi connectivity index (χ1n) is 6.29. The Morgan fingerprint density at radius 1 is 1.05 bits per heavy atom. The molecule has 0 aliphatic carbocycles. The second-order valence-corrected chi connectivity index (χ2v) is 4.23. The van der Waals surface area contributed by atoms with E-state index in [-0.39, 0.29) is 19.0 Å². The number of carbonyl (C=O) groups is 3. The molecule has 0 radical (unpaired) electrons. The second kappa shape index (κ2) is 8.26. The molecule has 0 N–H and O–H groups in total. The van der Waals surface area contributed by atoms with Gasteiger partial charge in [0.05, 0.1) is 13.2 Å². The molecule has 1 aromatic rings. The van der Waals surface area contributed by atoms with E-state index in [2.05, 4.69) is 4.74 Å². The molecule has 6 nitrogen and oxygen atoms in total. The normalized spacial score (nSPS) is 11.4. The monoisotopic (exact) mass is 314 g/mol. The minimum absolute atomic E-state index is 0.0149. The van der Waals surface area contributed by atoms with E-state index in [1.165, 1.54) is 24.3 Å². The van der Waals surface area contributed by atoms with Gasteiger partial charge in [0.1, 0.15) is 5.75 Å². The van der Waals surface area contributed by atoms with Gasteiger partial charge >= 0.3 is 11.9 Å². The Balaban J connectivity index is 2.91. The van der Waals surface area contributed by atoms with Crippen LogP contribution in [-0.2, 0) is 23.9 Å². The number of hydrogen-bond donors (Lipinski definition) is 0. The molecule has 21 heavy (non-hydrogen) atoms. The topological polar surface area (TPSA) is 78.9 Å². The van der Waals surface area contributed by atoms with Crippen LogP contribution >= 0.6 is 11.6 Å². The molecule has 1 atom stereocenters. The summed E-state index contributed by atoms with van der Waals surface area (Å²) in [6, 6.07) is 5.97. The van der Waals surface area contributed by atoms with E-state index in [4.69, 9.17) is 21.1 Å². The van der Waals surface area contributed by atoms with E-state index in [1.54, 1.807) is 13.8 Å². The molecule has 0 spiro atoms. The highest BCUT2D eigenvalue weighted by atomic mass is 35.5. The molecule has 7 heteroatoms. The van der Waals surface area contributed by atoms with Gasteiger partial charge in [-0.3, -0.25) is 4.79 Å². The first-order chi connectivity index (χ1) is 9.99. The van der Waals surface area contributed by atoms with Gasteiger partial charge in [0.15, 0.2) is 0 Å². The maximum Gasteiger partial charge on any atom is 0.379 e. The lowest BCUT2D eigenvalue weighted by atomic mass is 10.2. The number of carbonyl (C=O) groups excluding carboxylic acids is 3. The third-order valence-electron chi connectivity index (χ3n) is 2.28. The van der Waals surface area contributed by atoms with Gasteiger partial charge in [0, 0.05) is 5.02 Å². The summed E-state index contributed by atoms with van der Waals surface area (Å²) in [5.41, 5.74) is 0. The summed E-state index contributed by atoms with van der Waals surface area (Å²) < 4.78 is 14.5. The Bertz CT molecular complexity index is 511. The van der Waals surface area contributed by atoms with Crippen molar-refractivity contribution in [1.29, 1.82) is 0 Å². The van der Waals surface area contributed by atoms with Gasteiger partial charge in [0.25, 0.3) is 11.9 Å². The lowest BCUT2D eigenvalue weighted by Gasteiger charge is -2.15. The Labute approximate surface area is 126 Å². The summed E-state index contributed by atoms with van der Waals surface area (Å²) in [4.78, 5) is 35.1. The summed E-state index contributed by atoms with van der Waals surface area (Å²) in [5.74, 6) is -3.02. The van der Waals surface area contributed by atoms with Crippen molar-refractivity contribution in [3.8, 4) is 5.75 Å². The number of Topliss-reactive ketones (excluding diaryl/α,β-unsaturated/α-hetero) is 1. The quantitative estimate of drug-likeness (QED) is 0.433. The molecular formula is C14H15ClO6. The molecule has 114 valence electrons. The van der Waals surface area contributed by atoms with Crippen molar-refractivity contribution in [3.05, 3.63) is 29.3 Å². The maximum absolute atomic E-state index is 11.9. The zero-order valence-electron chi connectivity index (χ0n) is 11.6. The van der Waals surface area contributed by atoms with Crippen molar-refractivity contribution >= 4 is 29.3 Å². The largest absolute Gasteiger partial charge is 0.470 e. The first kappa shape index (κ1) is 17.0. The predicted octanol–water partition coefficient (Wildman–Crippen LogP) is 1.78. The second-order valence-electron chi connectivity index (χ2n) is 3.79. The van der Waals surface area contributed by atoms with Crippen molar-refractivity contribution in [2.75, 3.05) is 13.2 Å². The fourth-order valence-corrected chi connectivity index (χ4v) is 1.51. The summed E-state index contributed by atoms with van der Waals surface area (Å²) in [7, 11) is 0. The van der Waals surface area contributed by atoms with Gasteiger partial charge in [-0.1, -0.05) is 11.6 Å². The molecule has 1 rings (SSSR count). The standard InChI is InChI=1S/C14H15ClO6/c1-3-19-13(17)11(16)12(14(18)20-4-2)21-10-7-5-9(15)6-8-10/h5-8,12H,3-4H2,1-2H3.